The van der Waals surface area contributed by atoms with Gasteiger partial charge in [0, 0.05) is 17.5 Å². The Hall–Kier alpha value is -2.89. The Morgan fingerprint density at radius 1 is 0.606 bits per heavy atom. The second-order valence-corrected chi connectivity index (χ2v) is 11.1. The van der Waals surface area contributed by atoms with Gasteiger partial charge in [0.25, 0.3) is 0 Å². The fraction of sp³-hybridized carbons (Fsp3) is 0.226. The predicted molar refractivity (Wildman–Crippen MR) is 145 cm³/mol. The van der Waals surface area contributed by atoms with Gasteiger partial charge in [0.15, 0.2) is 0 Å². The molecule has 4 aromatic carbocycles. The van der Waals surface area contributed by atoms with Gasteiger partial charge >= 0.3 is 0 Å². The number of nitrogens with one attached hydrogen (secondary N) is 1. The minimum atomic E-state index is -0.647. The molecule has 0 unspecified atom stereocenters. The van der Waals surface area contributed by atoms with Crippen LogP contribution in [0.15, 0.2) is 109 Å². The molecular weight excluding hydrogens is 417 g/mol. The molecule has 1 aliphatic rings. The van der Waals surface area contributed by atoms with Crippen LogP contribution in [0.3, 0.4) is 0 Å². The molecule has 0 spiro atoms. The zero-order valence-electron chi connectivity index (χ0n) is 19.2. The Balaban J connectivity index is 1.62. The van der Waals surface area contributed by atoms with Crippen LogP contribution in [0.4, 0.5) is 5.69 Å². The van der Waals surface area contributed by atoms with Crippen molar-refractivity contribution in [3.8, 4) is 0 Å². The Kier molecular flexibility index (Phi) is 7.19. The van der Waals surface area contributed by atoms with Crippen molar-refractivity contribution in [3.63, 3.8) is 0 Å². The molecule has 1 fully saturated rings. The van der Waals surface area contributed by atoms with Crippen LogP contribution in [0.2, 0.25) is 0 Å². The summed E-state index contributed by atoms with van der Waals surface area (Å²) in [6.07, 6.45) is 6.68. The van der Waals surface area contributed by atoms with Gasteiger partial charge in [-0.25, -0.2) is 0 Å². The normalized spacial score (nSPS) is 14.3. The van der Waals surface area contributed by atoms with E-state index in [9.17, 15) is 0 Å². The zero-order chi connectivity index (χ0) is 22.3. The minimum Gasteiger partial charge on any atom is -0.380 e. The molecule has 0 saturated heterocycles. The summed E-state index contributed by atoms with van der Waals surface area (Å²) in [4.78, 5) is 0. The Labute approximate surface area is 199 Å². The SMILES string of the molecule is c1ccc(CNc2c(C3CCCCC3)cccc2P(c2ccccc2)c2ccccc2)cc1. The first kappa shape index (κ1) is 21.9. The molecular formula is C31H32NP. The number of benzene rings is 4. The van der Waals surface area contributed by atoms with Crippen molar-refractivity contribution in [1.29, 1.82) is 0 Å². The molecule has 33 heavy (non-hydrogen) atoms. The first-order valence-electron chi connectivity index (χ1n) is 12.2. The van der Waals surface area contributed by atoms with E-state index < -0.39 is 7.92 Å². The number of rotatable bonds is 7. The van der Waals surface area contributed by atoms with Crippen molar-refractivity contribution in [2.45, 2.75) is 44.6 Å². The fourth-order valence-electron chi connectivity index (χ4n) is 5.06. The third-order valence-corrected chi connectivity index (χ3v) is 9.19. The summed E-state index contributed by atoms with van der Waals surface area (Å²) < 4.78 is 0. The highest BCUT2D eigenvalue weighted by atomic mass is 31.1. The van der Waals surface area contributed by atoms with Gasteiger partial charge in [-0.1, -0.05) is 128 Å². The lowest BCUT2D eigenvalue weighted by Crippen LogP contribution is -2.25. The fourth-order valence-corrected chi connectivity index (χ4v) is 7.52. The molecule has 2 heteroatoms. The van der Waals surface area contributed by atoms with Crippen LogP contribution in [-0.4, -0.2) is 0 Å². The summed E-state index contributed by atoms with van der Waals surface area (Å²) in [6.45, 7) is 0.852. The van der Waals surface area contributed by atoms with E-state index in [2.05, 4.69) is 115 Å². The second kappa shape index (κ2) is 10.8. The van der Waals surface area contributed by atoms with Gasteiger partial charge in [-0.3, -0.25) is 0 Å². The number of para-hydroxylation sites is 1. The van der Waals surface area contributed by atoms with E-state index in [0.717, 1.165) is 6.54 Å². The van der Waals surface area contributed by atoms with E-state index in [-0.39, 0.29) is 0 Å². The van der Waals surface area contributed by atoms with E-state index in [1.807, 2.05) is 0 Å². The molecule has 0 aromatic heterocycles. The molecule has 1 saturated carbocycles. The van der Waals surface area contributed by atoms with E-state index >= 15 is 0 Å². The largest absolute Gasteiger partial charge is 0.380 e. The van der Waals surface area contributed by atoms with Crippen molar-refractivity contribution in [2.75, 3.05) is 5.32 Å². The van der Waals surface area contributed by atoms with Crippen molar-refractivity contribution in [2.24, 2.45) is 0 Å². The third kappa shape index (κ3) is 5.21. The van der Waals surface area contributed by atoms with Crippen molar-refractivity contribution in [1.82, 2.24) is 0 Å². The molecule has 166 valence electrons. The predicted octanol–water partition coefficient (Wildman–Crippen LogP) is 7.10. The standard InChI is InChI=1S/C31H32NP/c1-5-14-25(15-6-1)24-32-31-29(26-16-7-2-8-17-26)22-13-23-30(31)33(27-18-9-3-10-19-27)28-20-11-4-12-21-28/h1,3-6,9-15,18-23,26,32H,2,7-8,16-17,24H2. The van der Waals surface area contributed by atoms with E-state index in [1.165, 1.54) is 64.8 Å². The maximum absolute atomic E-state index is 3.93. The van der Waals surface area contributed by atoms with Gasteiger partial charge in [0.05, 0.1) is 0 Å². The van der Waals surface area contributed by atoms with Crippen LogP contribution in [0.25, 0.3) is 0 Å². The summed E-state index contributed by atoms with van der Waals surface area (Å²) in [5.41, 5.74) is 4.21. The maximum Gasteiger partial charge on any atom is 0.0463 e. The number of hydrogen-bond donors (Lipinski definition) is 1. The van der Waals surface area contributed by atoms with E-state index in [4.69, 9.17) is 0 Å². The molecule has 0 atom stereocenters. The molecule has 0 aliphatic heterocycles. The average molecular weight is 450 g/mol. The first-order valence-corrected chi connectivity index (χ1v) is 13.6. The topological polar surface area (TPSA) is 12.0 Å². The van der Waals surface area contributed by atoms with Gasteiger partial charge in [-0.15, -0.1) is 0 Å². The summed E-state index contributed by atoms with van der Waals surface area (Å²) >= 11 is 0. The first-order chi connectivity index (χ1) is 16.4. The number of anilines is 1. The van der Waals surface area contributed by atoms with Crippen molar-refractivity contribution in [3.05, 3.63) is 120 Å². The Bertz CT molecular complexity index is 1100. The average Bonchev–Trinajstić information content (AvgIpc) is 2.90. The van der Waals surface area contributed by atoms with Gasteiger partial charge < -0.3 is 5.32 Å². The molecule has 1 N–H and O–H groups in total. The van der Waals surface area contributed by atoms with Crippen molar-refractivity contribution >= 4 is 29.5 Å². The zero-order valence-corrected chi connectivity index (χ0v) is 20.1. The van der Waals surface area contributed by atoms with Crippen LogP contribution in [0, 0.1) is 0 Å². The molecule has 0 heterocycles. The molecule has 1 aliphatic carbocycles. The monoisotopic (exact) mass is 449 g/mol. The van der Waals surface area contributed by atoms with Gasteiger partial charge in [-0.2, -0.15) is 0 Å². The molecule has 4 aromatic rings. The quantitative estimate of drug-likeness (QED) is 0.297. The van der Waals surface area contributed by atoms with Gasteiger partial charge in [-0.05, 0) is 48.4 Å². The summed E-state index contributed by atoms with van der Waals surface area (Å²) in [5.74, 6) is 0.653. The van der Waals surface area contributed by atoms with Crippen LogP contribution >= 0.6 is 7.92 Å². The lowest BCUT2D eigenvalue weighted by molar-refractivity contribution is 0.444. The second-order valence-electron chi connectivity index (χ2n) is 8.92. The Morgan fingerprint density at radius 3 is 1.79 bits per heavy atom. The van der Waals surface area contributed by atoms with Crippen LogP contribution in [0.1, 0.15) is 49.1 Å². The van der Waals surface area contributed by atoms with E-state index in [0.29, 0.717) is 5.92 Å². The van der Waals surface area contributed by atoms with Gasteiger partial charge in [0.2, 0.25) is 0 Å². The lowest BCUT2D eigenvalue weighted by Gasteiger charge is -2.29. The highest BCUT2D eigenvalue weighted by Crippen LogP contribution is 2.41. The Morgan fingerprint density at radius 2 is 1.18 bits per heavy atom. The van der Waals surface area contributed by atoms with Crippen LogP contribution < -0.4 is 21.2 Å². The molecule has 5 rings (SSSR count). The molecule has 0 radical (unpaired) electrons. The van der Waals surface area contributed by atoms with Crippen molar-refractivity contribution < 1.29 is 0 Å². The minimum absolute atomic E-state index is 0.647. The number of hydrogen-bond acceptors (Lipinski definition) is 1. The van der Waals surface area contributed by atoms with Crippen LogP contribution in [0.5, 0.6) is 0 Å². The third-order valence-electron chi connectivity index (χ3n) is 6.70. The van der Waals surface area contributed by atoms with Gasteiger partial charge in [0.1, 0.15) is 0 Å². The molecule has 0 amide bonds. The summed E-state index contributed by atoms with van der Waals surface area (Å²) in [7, 11) is -0.647. The lowest BCUT2D eigenvalue weighted by atomic mass is 9.83. The maximum atomic E-state index is 3.93. The van der Waals surface area contributed by atoms with Crippen LogP contribution in [-0.2, 0) is 6.54 Å². The van der Waals surface area contributed by atoms with E-state index in [1.54, 1.807) is 0 Å². The highest BCUT2D eigenvalue weighted by Gasteiger charge is 2.25. The highest BCUT2D eigenvalue weighted by molar-refractivity contribution is 7.80. The molecule has 1 nitrogen and oxygen atoms in total. The summed E-state index contributed by atoms with van der Waals surface area (Å²) in [5, 5.41) is 8.19. The summed E-state index contributed by atoms with van der Waals surface area (Å²) in [6, 6.07) is 40.0. The molecule has 0 bridgehead atoms. The smallest absolute Gasteiger partial charge is 0.0463 e.